The Labute approximate surface area is 153 Å². The van der Waals surface area contributed by atoms with Crippen molar-refractivity contribution >= 4 is 28.4 Å². The predicted octanol–water partition coefficient (Wildman–Crippen LogP) is 3.06. The van der Waals surface area contributed by atoms with Crippen molar-refractivity contribution < 1.29 is 28.6 Å². The van der Waals surface area contributed by atoms with Crippen molar-refractivity contribution in [3.8, 4) is 5.75 Å². The van der Waals surface area contributed by atoms with Gasteiger partial charge in [-0.15, -0.1) is 0 Å². The highest BCUT2D eigenvalue weighted by Gasteiger charge is 2.23. The van der Waals surface area contributed by atoms with E-state index in [4.69, 9.17) is 9.84 Å². The average molecular weight is 369 g/mol. The minimum atomic E-state index is -1.66. The first-order valence-electron chi connectivity index (χ1n) is 8.11. The molecule has 0 saturated carbocycles. The van der Waals surface area contributed by atoms with Crippen molar-refractivity contribution in [2.24, 2.45) is 0 Å². The van der Waals surface area contributed by atoms with E-state index in [1.54, 1.807) is 41.0 Å². The highest BCUT2D eigenvalue weighted by Crippen LogP contribution is 2.32. The number of halogens is 1. The molecule has 0 amide bonds. The van der Waals surface area contributed by atoms with E-state index in [0.717, 1.165) is 0 Å². The summed E-state index contributed by atoms with van der Waals surface area (Å²) in [5, 5.41) is 9.21. The number of carboxylic acid groups (broad SMARTS) is 1. The second-order valence-corrected chi connectivity index (χ2v) is 5.94. The number of Topliss-reactive ketones (excluding diaryl/α,β-unsaturated/α-hetero) is 2. The first-order valence-corrected chi connectivity index (χ1v) is 8.11. The van der Waals surface area contributed by atoms with Crippen molar-refractivity contribution in [2.75, 3.05) is 7.11 Å². The zero-order valence-electron chi connectivity index (χ0n) is 14.4. The molecule has 1 N–H and O–H groups in total. The van der Waals surface area contributed by atoms with Gasteiger partial charge >= 0.3 is 5.97 Å². The van der Waals surface area contributed by atoms with Gasteiger partial charge in [-0.05, 0) is 18.2 Å². The van der Waals surface area contributed by atoms with E-state index in [9.17, 15) is 18.8 Å². The molecule has 1 aromatic heterocycles. The van der Waals surface area contributed by atoms with Gasteiger partial charge in [0.25, 0.3) is 0 Å². The Morgan fingerprint density at radius 1 is 1.11 bits per heavy atom. The third kappa shape index (κ3) is 3.57. The lowest BCUT2D eigenvalue weighted by molar-refractivity contribution is -0.148. The molecule has 0 unspecified atom stereocenters. The fraction of sp³-hybridized carbons (Fsp3) is 0.150. The SMILES string of the molecule is COc1cccc2c1c(C(=O)CC(=O)C(=O)O)cn2Cc1ccccc1F. The summed E-state index contributed by atoms with van der Waals surface area (Å²) in [7, 11) is 1.44. The molecule has 0 fully saturated rings. The summed E-state index contributed by atoms with van der Waals surface area (Å²) in [6, 6.07) is 11.4. The second kappa shape index (κ2) is 7.41. The summed E-state index contributed by atoms with van der Waals surface area (Å²) < 4.78 is 21.0. The summed E-state index contributed by atoms with van der Waals surface area (Å²) in [6.07, 6.45) is 0.739. The molecule has 0 aliphatic rings. The number of rotatable bonds is 7. The summed E-state index contributed by atoms with van der Waals surface area (Å²) in [5.41, 5.74) is 1.20. The van der Waals surface area contributed by atoms with E-state index in [2.05, 4.69) is 0 Å². The Hall–Kier alpha value is -3.48. The molecule has 0 aliphatic heterocycles. The Morgan fingerprint density at radius 2 is 1.85 bits per heavy atom. The van der Waals surface area contributed by atoms with Crippen molar-refractivity contribution in [2.45, 2.75) is 13.0 Å². The molecule has 6 nitrogen and oxygen atoms in total. The van der Waals surface area contributed by atoms with Gasteiger partial charge in [-0.25, -0.2) is 9.18 Å². The molecular formula is C20H16FNO5. The van der Waals surface area contributed by atoms with Crippen LogP contribution >= 0.6 is 0 Å². The molecule has 1 heterocycles. The number of carboxylic acids is 1. The third-order valence-electron chi connectivity index (χ3n) is 4.25. The molecule has 0 radical (unpaired) electrons. The lowest BCUT2D eigenvalue weighted by Crippen LogP contribution is -2.17. The van der Waals surface area contributed by atoms with Gasteiger partial charge < -0.3 is 14.4 Å². The summed E-state index contributed by atoms with van der Waals surface area (Å²) in [5.74, 6) is -3.46. The molecule has 3 aromatic rings. The zero-order chi connectivity index (χ0) is 19.6. The number of carbonyl (C=O) groups is 3. The van der Waals surface area contributed by atoms with Crippen LogP contribution in [-0.2, 0) is 16.1 Å². The van der Waals surface area contributed by atoms with Crippen LogP contribution in [0.2, 0.25) is 0 Å². The quantitative estimate of drug-likeness (QED) is 0.393. The summed E-state index contributed by atoms with van der Waals surface area (Å²) in [6.45, 7) is 0.163. The van der Waals surface area contributed by atoms with Crippen molar-refractivity contribution in [1.82, 2.24) is 4.57 Å². The van der Waals surface area contributed by atoms with Crippen LogP contribution in [0.3, 0.4) is 0 Å². The number of benzene rings is 2. The van der Waals surface area contributed by atoms with Gasteiger partial charge in [0.1, 0.15) is 11.6 Å². The van der Waals surface area contributed by atoms with Crippen LogP contribution in [0.15, 0.2) is 48.7 Å². The maximum absolute atomic E-state index is 14.0. The highest BCUT2D eigenvalue weighted by molar-refractivity contribution is 6.38. The molecule has 0 bridgehead atoms. The molecule has 0 atom stereocenters. The number of methoxy groups -OCH3 is 1. The maximum atomic E-state index is 14.0. The number of aliphatic carboxylic acids is 1. The van der Waals surface area contributed by atoms with E-state index in [-0.39, 0.29) is 17.9 Å². The van der Waals surface area contributed by atoms with Crippen molar-refractivity contribution in [1.29, 1.82) is 0 Å². The fourth-order valence-electron chi connectivity index (χ4n) is 2.96. The smallest absolute Gasteiger partial charge is 0.372 e. The number of aromatic nitrogens is 1. The molecule has 0 aliphatic carbocycles. The van der Waals surface area contributed by atoms with Crippen LogP contribution in [0.4, 0.5) is 4.39 Å². The lowest BCUT2D eigenvalue weighted by atomic mass is 10.0. The Bertz CT molecular complexity index is 1050. The number of ketones is 2. The predicted molar refractivity (Wildman–Crippen MR) is 95.6 cm³/mol. The van der Waals surface area contributed by atoms with Gasteiger partial charge in [-0.1, -0.05) is 24.3 Å². The first-order chi connectivity index (χ1) is 12.9. The standard InChI is InChI=1S/C20H16FNO5/c1-27-18-8-4-7-15-19(18)13(16(23)9-17(24)20(25)26)11-22(15)10-12-5-2-3-6-14(12)21/h2-8,11H,9-10H2,1H3,(H,25,26). The van der Waals surface area contributed by atoms with E-state index in [0.29, 0.717) is 22.2 Å². The van der Waals surface area contributed by atoms with Crippen LogP contribution < -0.4 is 4.74 Å². The van der Waals surface area contributed by atoms with E-state index in [1.807, 2.05) is 0 Å². The topological polar surface area (TPSA) is 85.6 Å². The van der Waals surface area contributed by atoms with Gasteiger partial charge in [-0.2, -0.15) is 0 Å². The van der Waals surface area contributed by atoms with Crippen molar-refractivity contribution in [3.05, 3.63) is 65.6 Å². The van der Waals surface area contributed by atoms with E-state index >= 15 is 0 Å². The van der Waals surface area contributed by atoms with Crippen LogP contribution in [0.5, 0.6) is 5.75 Å². The molecule has 7 heteroatoms. The van der Waals surface area contributed by atoms with Gasteiger partial charge in [0.05, 0.1) is 31.0 Å². The second-order valence-electron chi connectivity index (χ2n) is 5.94. The van der Waals surface area contributed by atoms with Gasteiger partial charge in [0.2, 0.25) is 5.78 Å². The lowest BCUT2D eigenvalue weighted by Gasteiger charge is -2.07. The minimum Gasteiger partial charge on any atom is -0.496 e. The van der Waals surface area contributed by atoms with Gasteiger partial charge in [0, 0.05) is 17.3 Å². The Balaban J connectivity index is 2.11. The highest BCUT2D eigenvalue weighted by atomic mass is 19.1. The average Bonchev–Trinajstić information content (AvgIpc) is 3.02. The first kappa shape index (κ1) is 18.3. The molecule has 27 heavy (non-hydrogen) atoms. The number of ether oxygens (including phenoxy) is 1. The molecule has 0 spiro atoms. The maximum Gasteiger partial charge on any atom is 0.372 e. The molecule has 0 saturated heterocycles. The van der Waals surface area contributed by atoms with Crippen LogP contribution in [0.1, 0.15) is 22.3 Å². The minimum absolute atomic E-state index is 0.161. The molecule has 3 rings (SSSR count). The van der Waals surface area contributed by atoms with Crippen LogP contribution in [-0.4, -0.2) is 34.3 Å². The molecule has 138 valence electrons. The number of hydrogen-bond acceptors (Lipinski definition) is 4. The molecule has 2 aromatic carbocycles. The van der Waals surface area contributed by atoms with Gasteiger partial charge in [0.15, 0.2) is 5.78 Å². The number of hydrogen-bond donors (Lipinski definition) is 1. The Kier molecular flexibility index (Phi) is 5.03. The van der Waals surface area contributed by atoms with Gasteiger partial charge in [-0.3, -0.25) is 9.59 Å². The monoisotopic (exact) mass is 369 g/mol. The van der Waals surface area contributed by atoms with Crippen LogP contribution in [0.25, 0.3) is 10.9 Å². The molecular weight excluding hydrogens is 353 g/mol. The summed E-state index contributed by atoms with van der Waals surface area (Å²) in [4.78, 5) is 34.8. The largest absolute Gasteiger partial charge is 0.496 e. The van der Waals surface area contributed by atoms with Crippen LogP contribution in [0, 0.1) is 5.82 Å². The zero-order valence-corrected chi connectivity index (χ0v) is 14.4. The number of nitrogens with zero attached hydrogens (tertiary/aromatic N) is 1. The fourth-order valence-corrected chi connectivity index (χ4v) is 2.96. The number of fused-ring (bicyclic) bond motifs is 1. The number of carbonyl (C=O) groups excluding carboxylic acids is 2. The van der Waals surface area contributed by atoms with Crippen molar-refractivity contribution in [3.63, 3.8) is 0 Å². The Morgan fingerprint density at radius 3 is 2.52 bits per heavy atom. The van der Waals surface area contributed by atoms with E-state index in [1.165, 1.54) is 19.4 Å². The van der Waals surface area contributed by atoms with E-state index < -0.39 is 24.0 Å². The normalized spacial score (nSPS) is 10.7. The summed E-state index contributed by atoms with van der Waals surface area (Å²) >= 11 is 0. The third-order valence-corrected chi connectivity index (χ3v) is 4.25.